The maximum atomic E-state index is 12.0. The van der Waals surface area contributed by atoms with Crippen molar-refractivity contribution in [3.05, 3.63) is 0 Å². The van der Waals surface area contributed by atoms with Gasteiger partial charge in [0.1, 0.15) is 5.60 Å². The first-order chi connectivity index (χ1) is 7.76. The molecule has 0 aromatic carbocycles. The highest BCUT2D eigenvalue weighted by Gasteiger charge is 2.42. The Hall–Kier alpha value is -1.28. The van der Waals surface area contributed by atoms with Crippen LogP contribution in [0.4, 0.5) is 4.79 Å². The average Bonchev–Trinajstić information content (AvgIpc) is 2.40. The van der Waals surface area contributed by atoms with Crippen LogP contribution < -0.4 is 0 Å². The highest BCUT2D eigenvalue weighted by molar-refractivity contribution is 5.69. The van der Waals surface area contributed by atoms with Crippen molar-refractivity contribution in [1.82, 2.24) is 4.90 Å². The molecular formula is C12H20N2O3. The molecule has 5 nitrogen and oxygen atoms in total. The third-order valence-electron chi connectivity index (χ3n) is 2.83. The van der Waals surface area contributed by atoms with Crippen molar-refractivity contribution >= 4 is 6.09 Å². The van der Waals surface area contributed by atoms with Crippen LogP contribution in [0.1, 0.15) is 40.5 Å². The molecule has 96 valence electrons. The molecule has 1 rings (SSSR count). The smallest absolute Gasteiger partial charge is 0.410 e. The van der Waals surface area contributed by atoms with E-state index in [0.717, 1.165) is 0 Å². The zero-order valence-electron chi connectivity index (χ0n) is 10.8. The van der Waals surface area contributed by atoms with Crippen LogP contribution in [-0.4, -0.2) is 39.9 Å². The summed E-state index contributed by atoms with van der Waals surface area (Å²) < 4.78 is 5.28. The molecule has 0 aliphatic carbocycles. The van der Waals surface area contributed by atoms with Crippen LogP contribution in [0.5, 0.6) is 0 Å². The van der Waals surface area contributed by atoms with Crippen molar-refractivity contribution in [2.45, 2.75) is 64.3 Å². The quantitative estimate of drug-likeness (QED) is 0.756. The van der Waals surface area contributed by atoms with Gasteiger partial charge in [-0.15, -0.1) is 0 Å². The van der Waals surface area contributed by atoms with Crippen LogP contribution in [0.25, 0.3) is 0 Å². The van der Waals surface area contributed by atoms with Gasteiger partial charge < -0.3 is 9.84 Å². The van der Waals surface area contributed by atoms with E-state index in [0.29, 0.717) is 6.42 Å². The van der Waals surface area contributed by atoms with Crippen LogP contribution in [0.2, 0.25) is 0 Å². The van der Waals surface area contributed by atoms with E-state index in [-0.39, 0.29) is 18.5 Å². The number of carbonyl (C=O) groups is 1. The molecule has 1 aliphatic rings. The fourth-order valence-electron chi connectivity index (χ4n) is 2.02. The molecule has 5 heteroatoms. The lowest BCUT2D eigenvalue weighted by Gasteiger charge is -2.30. The number of rotatable bonds is 1. The molecule has 0 radical (unpaired) electrons. The van der Waals surface area contributed by atoms with Gasteiger partial charge in [-0.05, 0) is 34.1 Å². The van der Waals surface area contributed by atoms with E-state index < -0.39 is 17.8 Å². The number of amides is 1. The molecule has 0 saturated carbocycles. The molecule has 3 atom stereocenters. The summed E-state index contributed by atoms with van der Waals surface area (Å²) in [5.74, 6) is 0. The largest absolute Gasteiger partial charge is 0.444 e. The number of carbonyl (C=O) groups excluding carboxylic acids is 1. The average molecular weight is 240 g/mol. The number of aliphatic hydroxyl groups is 1. The predicted octanol–water partition coefficient (Wildman–Crippen LogP) is 1.66. The van der Waals surface area contributed by atoms with Gasteiger partial charge in [0, 0.05) is 0 Å². The zero-order chi connectivity index (χ0) is 13.2. The van der Waals surface area contributed by atoms with Crippen molar-refractivity contribution < 1.29 is 14.6 Å². The van der Waals surface area contributed by atoms with E-state index in [1.54, 1.807) is 27.7 Å². The maximum absolute atomic E-state index is 12.0. The maximum Gasteiger partial charge on any atom is 0.410 e. The molecule has 3 unspecified atom stereocenters. The van der Waals surface area contributed by atoms with Gasteiger partial charge in [0.05, 0.1) is 30.7 Å². The highest BCUT2D eigenvalue weighted by Crippen LogP contribution is 2.28. The molecule has 1 saturated heterocycles. The number of ether oxygens (including phenoxy) is 1. The summed E-state index contributed by atoms with van der Waals surface area (Å²) in [7, 11) is 0. The first-order valence-electron chi connectivity index (χ1n) is 5.82. The minimum absolute atomic E-state index is 0.223. The van der Waals surface area contributed by atoms with E-state index in [4.69, 9.17) is 10.00 Å². The molecule has 0 aromatic rings. The Morgan fingerprint density at radius 2 is 2.18 bits per heavy atom. The Labute approximate surface area is 102 Å². The van der Waals surface area contributed by atoms with Gasteiger partial charge in [0.25, 0.3) is 0 Å². The topological polar surface area (TPSA) is 73.6 Å². The summed E-state index contributed by atoms with van der Waals surface area (Å²) in [6.07, 6.45) is -0.378. The first kappa shape index (κ1) is 13.8. The Kier molecular flexibility index (Phi) is 3.99. The summed E-state index contributed by atoms with van der Waals surface area (Å²) in [5, 5.41) is 18.5. The summed E-state index contributed by atoms with van der Waals surface area (Å²) in [4.78, 5) is 13.5. The normalized spacial score (nSPS) is 28.9. The minimum atomic E-state index is -0.583. The summed E-state index contributed by atoms with van der Waals surface area (Å²) in [6, 6.07) is 1.49. The lowest BCUT2D eigenvalue weighted by atomic mass is 10.1. The summed E-state index contributed by atoms with van der Waals surface area (Å²) >= 11 is 0. The Balaban J connectivity index is 2.78. The van der Waals surface area contributed by atoms with Gasteiger partial charge in [-0.25, -0.2) is 4.79 Å². The van der Waals surface area contributed by atoms with Crippen molar-refractivity contribution in [2.24, 2.45) is 0 Å². The molecule has 1 N–H and O–H groups in total. The number of hydrogen-bond acceptors (Lipinski definition) is 4. The third kappa shape index (κ3) is 3.34. The number of nitriles is 1. The molecule has 0 aromatic heterocycles. The third-order valence-corrected chi connectivity index (χ3v) is 2.83. The Morgan fingerprint density at radius 3 is 2.65 bits per heavy atom. The van der Waals surface area contributed by atoms with Crippen molar-refractivity contribution in [3.63, 3.8) is 0 Å². The molecule has 1 aliphatic heterocycles. The predicted molar refractivity (Wildman–Crippen MR) is 62.2 cm³/mol. The van der Waals surface area contributed by atoms with Gasteiger partial charge in [-0.2, -0.15) is 5.26 Å². The number of hydrogen-bond donors (Lipinski definition) is 1. The van der Waals surface area contributed by atoms with Crippen LogP contribution in [-0.2, 0) is 4.74 Å². The van der Waals surface area contributed by atoms with Crippen LogP contribution in [0.3, 0.4) is 0 Å². The van der Waals surface area contributed by atoms with Crippen LogP contribution in [0.15, 0.2) is 0 Å². The summed E-state index contributed by atoms with van der Waals surface area (Å²) in [5.41, 5.74) is -0.568. The molecule has 1 heterocycles. The van der Waals surface area contributed by atoms with Gasteiger partial charge in [0.15, 0.2) is 0 Å². The van der Waals surface area contributed by atoms with E-state index in [9.17, 15) is 9.90 Å². The lowest BCUT2D eigenvalue weighted by Crippen LogP contribution is -2.44. The first-order valence-corrected chi connectivity index (χ1v) is 5.82. The van der Waals surface area contributed by atoms with E-state index in [2.05, 4.69) is 0 Å². The van der Waals surface area contributed by atoms with E-state index in [1.165, 1.54) is 4.90 Å². The SMILES string of the molecule is CC1C(O)CC(CC#N)N1C(=O)OC(C)(C)C. The number of aliphatic hydroxyl groups excluding tert-OH is 1. The Bertz CT molecular complexity index is 330. The van der Waals surface area contributed by atoms with Crippen molar-refractivity contribution in [2.75, 3.05) is 0 Å². The molecule has 17 heavy (non-hydrogen) atoms. The second-order valence-electron chi connectivity index (χ2n) is 5.45. The molecular weight excluding hydrogens is 220 g/mol. The highest BCUT2D eigenvalue weighted by atomic mass is 16.6. The molecule has 1 fully saturated rings. The van der Waals surface area contributed by atoms with Crippen molar-refractivity contribution in [1.29, 1.82) is 5.26 Å². The van der Waals surface area contributed by atoms with Crippen molar-refractivity contribution in [3.8, 4) is 6.07 Å². The lowest BCUT2D eigenvalue weighted by molar-refractivity contribution is 0.0114. The van der Waals surface area contributed by atoms with Gasteiger partial charge in [0.2, 0.25) is 0 Å². The fourth-order valence-corrected chi connectivity index (χ4v) is 2.02. The number of nitrogens with zero attached hydrogens (tertiary/aromatic N) is 2. The standard InChI is InChI=1S/C12H20N2O3/c1-8-10(15)7-9(5-6-13)14(8)11(16)17-12(2,3)4/h8-10,15H,5,7H2,1-4H3. The van der Waals surface area contributed by atoms with E-state index >= 15 is 0 Å². The zero-order valence-corrected chi connectivity index (χ0v) is 10.8. The second kappa shape index (κ2) is 4.92. The molecule has 1 amide bonds. The molecule has 0 spiro atoms. The minimum Gasteiger partial charge on any atom is -0.444 e. The monoisotopic (exact) mass is 240 g/mol. The van der Waals surface area contributed by atoms with Gasteiger partial charge in [-0.3, -0.25) is 4.90 Å². The molecule has 0 bridgehead atoms. The second-order valence-corrected chi connectivity index (χ2v) is 5.45. The van der Waals surface area contributed by atoms with Crippen LogP contribution in [0, 0.1) is 11.3 Å². The van der Waals surface area contributed by atoms with E-state index in [1.807, 2.05) is 6.07 Å². The Morgan fingerprint density at radius 1 is 1.59 bits per heavy atom. The number of likely N-dealkylation sites (tertiary alicyclic amines) is 1. The van der Waals surface area contributed by atoms with Crippen LogP contribution >= 0.6 is 0 Å². The van der Waals surface area contributed by atoms with Gasteiger partial charge >= 0.3 is 6.09 Å². The van der Waals surface area contributed by atoms with Gasteiger partial charge in [-0.1, -0.05) is 0 Å². The summed E-state index contributed by atoms with van der Waals surface area (Å²) in [6.45, 7) is 7.15. The fraction of sp³-hybridized carbons (Fsp3) is 0.833.